The molecule has 45 heavy (non-hydrogen) atoms. The summed E-state index contributed by atoms with van der Waals surface area (Å²) in [7, 11) is 0. The zero-order chi connectivity index (χ0) is 31.2. The Kier molecular flexibility index (Phi) is 8.80. The van der Waals surface area contributed by atoms with Gasteiger partial charge in [0.15, 0.2) is 11.6 Å². The van der Waals surface area contributed by atoms with E-state index in [1.165, 1.54) is 48.5 Å². The zero-order valence-corrected chi connectivity index (χ0v) is 24.5. The highest BCUT2D eigenvalue weighted by atomic mass is 32.2. The van der Waals surface area contributed by atoms with Crippen molar-refractivity contribution >= 4 is 23.3 Å². The number of rotatable bonds is 10. The van der Waals surface area contributed by atoms with E-state index in [9.17, 15) is 18.4 Å². The SMILES string of the molecule is O=C(c1ccc(F)cc1)c1ccc(Oc2ccc(Sc3ccc(Oc4ccc(C(=O)c5ccc(F)cc5)cc4)cc3)cc2)cc1. The molecule has 4 nitrogen and oxygen atoms in total. The molecule has 0 radical (unpaired) electrons. The molecule has 0 aliphatic rings. The Morgan fingerprint density at radius 1 is 0.378 bits per heavy atom. The lowest BCUT2D eigenvalue weighted by Crippen LogP contribution is -2.01. The molecule has 0 atom stereocenters. The van der Waals surface area contributed by atoms with Crippen LogP contribution in [0, 0.1) is 11.6 Å². The molecule has 0 saturated heterocycles. The fourth-order valence-electron chi connectivity index (χ4n) is 4.44. The van der Waals surface area contributed by atoms with Crippen molar-refractivity contribution in [1.29, 1.82) is 0 Å². The summed E-state index contributed by atoms with van der Waals surface area (Å²) in [5.41, 5.74) is 1.82. The number of hydrogen-bond acceptors (Lipinski definition) is 5. The maximum Gasteiger partial charge on any atom is 0.193 e. The predicted octanol–water partition coefficient (Wildman–Crippen LogP) is 10.2. The summed E-state index contributed by atoms with van der Waals surface area (Å²) in [6.07, 6.45) is 0. The lowest BCUT2D eigenvalue weighted by molar-refractivity contribution is 0.103. The first kappa shape index (κ1) is 29.5. The fourth-order valence-corrected chi connectivity index (χ4v) is 5.26. The fraction of sp³-hybridized carbons (Fsp3) is 0. The average Bonchev–Trinajstić information content (AvgIpc) is 3.07. The molecule has 0 bridgehead atoms. The summed E-state index contributed by atoms with van der Waals surface area (Å²) in [6, 6.07) is 39.9. The maximum absolute atomic E-state index is 13.2. The Morgan fingerprint density at radius 2 is 0.622 bits per heavy atom. The van der Waals surface area contributed by atoms with Crippen LogP contribution < -0.4 is 9.47 Å². The van der Waals surface area contributed by atoms with E-state index in [1.54, 1.807) is 60.3 Å². The van der Waals surface area contributed by atoms with Gasteiger partial charge in [0.05, 0.1) is 0 Å². The van der Waals surface area contributed by atoms with Crippen LogP contribution in [-0.4, -0.2) is 11.6 Å². The molecule has 0 aliphatic heterocycles. The first-order valence-electron chi connectivity index (χ1n) is 13.9. The van der Waals surface area contributed by atoms with Crippen LogP contribution in [0.15, 0.2) is 155 Å². The Balaban J connectivity index is 1.01. The molecule has 0 aliphatic carbocycles. The largest absolute Gasteiger partial charge is 0.457 e. The highest BCUT2D eigenvalue weighted by molar-refractivity contribution is 7.99. The first-order chi connectivity index (χ1) is 21.9. The summed E-state index contributed by atoms with van der Waals surface area (Å²) in [5.74, 6) is 1.36. The van der Waals surface area contributed by atoms with Crippen LogP contribution in [0.25, 0.3) is 0 Å². The second-order valence-corrected chi connectivity index (χ2v) is 11.1. The number of carbonyl (C=O) groups is 2. The Morgan fingerprint density at radius 3 is 0.911 bits per heavy atom. The Bertz CT molecular complexity index is 1780. The van der Waals surface area contributed by atoms with E-state index in [4.69, 9.17) is 9.47 Å². The van der Waals surface area contributed by atoms with E-state index in [2.05, 4.69) is 0 Å². The van der Waals surface area contributed by atoms with Crippen LogP contribution >= 0.6 is 11.8 Å². The quantitative estimate of drug-likeness (QED) is 0.144. The van der Waals surface area contributed by atoms with Crippen molar-refractivity contribution in [2.75, 3.05) is 0 Å². The minimum absolute atomic E-state index is 0.186. The van der Waals surface area contributed by atoms with Gasteiger partial charge in [-0.3, -0.25) is 9.59 Å². The normalized spacial score (nSPS) is 10.7. The second-order valence-electron chi connectivity index (χ2n) is 9.97. The second kappa shape index (κ2) is 13.4. The van der Waals surface area contributed by atoms with E-state index in [1.807, 2.05) is 48.5 Å². The molecule has 0 unspecified atom stereocenters. The third-order valence-electron chi connectivity index (χ3n) is 6.80. The van der Waals surface area contributed by atoms with E-state index in [-0.39, 0.29) is 23.2 Å². The molecular weight excluding hydrogens is 590 g/mol. The molecule has 0 aromatic heterocycles. The van der Waals surface area contributed by atoms with Crippen molar-refractivity contribution in [3.63, 3.8) is 0 Å². The standard InChI is InChI=1S/C38H24F2O4S/c39-29-9-1-25(2-10-29)37(41)27-5-13-31(14-6-27)43-33-17-21-35(22-18-33)45-36-23-19-34(20-24-36)44-32-15-7-28(8-16-32)38(42)26-3-11-30(40)12-4-26/h1-24H. The molecule has 6 aromatic rings. The zero-order valence-electron chi connectivity index (χ0n) is 23.7. The number of hydrogen-bond donors (Lipinski definition) is 0. The van der Waals surface area contributed by atoms with E-state index < -0.39 is 0 Å². The van der Waals surface area contributed by atoms with Gasteiger partial charge in [0.1, 0.15) is 34.6 Å². The summed E-state index contributed by atoms with van der Waals surface area (Å²) >= 11 is 1.59. The third-order valence-corrected chi connectivity index (χ3v) is 7.82. The van der Waals surface area contributed by atoms with Crippen LogP contribution in [0.4, 0.5) is 8.78 Å². The first-order valence-corrected chi connectivity index (χ1v) is 14.8. The maximum atomic E-state index is 13.2. The number of ketones is 2. The topological polar surface area (TPSA) is 52.6 Å². The Hall–Kier alpha value is -5.53. The van der Waals surface area contributed by atoms with Gasteiger partial charge in [-0.25, -0.2) is 8.78 Å². The van der Waals surface area contributed by atoms with Gasteiger partial charge in [0.25, 0.3) is 0 Å². The van der Waals surface area contributed by atoms with Gasteiger partial charge in [-0.15, -0.1) is 0 Å². The average molecular weight is 615 g/mol. The van der Waals surface area contributed by atoms with E-state index in [0.29, 0.717) is 45.3 Å². The molecule has 6 aromatic carbocycles. The van der Waals surface area contributed by atoms with Gasteiger partial charge >= 0.3 is 0 Å². The Labute approximate surface area is 262 Å². The number of halogens is 2. The van der Waals surface area contributed by atoms with Gasteiger partial charge in [-0.05, 0) is 146 Å². The van der Waals surface area contributed by atoms with Crippen LogP contribution in [0.1, 0.15) is 31.8 Å². The molecule has 0 heterocycles. The van der Waals surface area contributed by atoms with Crippen molar-refractivity contribution in [2.24, 2.45) is 0 Å². The monoisotopic (exact) mass is 614 g/mol. The molecule has 6 rings (SSSR count). The summed E-state index contributed by atoms with van der Waals surface area (Å²) in [5, 5.41) is 0. The molecular formula is C38H24F2O4S. The number of ether oxygens (including phenoxy) is 2. The van der Waals surface area contributed by atoms with E-state index in [0.717, 1.165) is 9.79 Å². The minimum Gasteiger partial charge on any atom is -0.457 e. The molecule has 7 heteroatoms. The summed E-state index contributed by atoms with van der Waals surface area (Å²) < 4.78 is 38.2. The van der Waals surface area contributed by atoms with Crippen LogP contribution in [0.2, 0.25) is 0 Å². The van der Waals surface area contributed by atoms with Gasteiger partial charge in [-0.1, -0.05) is 11.8 Å². The van der Waals surface area contributed by atoms with Crippen LogP contribution in [0.3, 0.4) is 0 Å². The predicted molar refractivity (Wildman–Crippen MR) is 170 cm³/mol. The number of benzene rings is 6. The van der Waals surface area contributed by atoms with Gasteiger partial charge in [0.2, 0.25) is 0 Å². The van der Waals surface area contributed by atoms with Gasteiger partial charge in [0, 0.05) is 32.0 Å². The van der Waals surface area contributed by atoms with Crippen molar-refractivity contribution in [3.8, 4) is 23.0 Å². The number of carbonyl (C=O) groups excluding carboxylic acids is 2. The molecule has 0 N–H and O–H groups in total. The smallest absolute Gasteiger partial charge is 0.193 e. The molecule has 0 saturated carbocycles. The molecule has 0 fully saturated rings. The lowest BCUT2D eigenvalue weighted by atomic mass is 10.0. The van der Waals surface area contributed by atoms with Crippen molar-refractivity contribution in [1.82, 2.24) is 0 Å². The van der Waals surface area contributed by atoms with Crippen LogP contribution in [0.5, 0.6) is 23.0 Å². The highest BCUT2D eigenvalue weighted by Gasteiger charge is 2.11. The summed E-state index contributed by atoms with van der Waals surface area (Å²) in [4.78, 5) is 27.3. The minimum atomic E-state index is -0.386. The molecule has 0 amide bonds. The van der Waals surface area contributed by atoms with E-state index >= 15 is 0 Å². The van der Waals surface area contributed by atoms with Crippen molar-refractivity contribution in [3.05, 3.63) is 179 Å². The lowest BCUT2D eigenvalue weighted by Gasteiger charge is -2.09. The molecule has 220 valence electrons. The van der Waals surface area contributed by atoms with Crippen molar-refractivity contribution in [2.45, 2.75) is 9.79 Å². The molecule has 0 spiro atoms. The van der Waals surface area contributed by atoms with Gasteiger partial charge in [-0.2, -0.15) is 0 Å². The highest BCUT2D eigenvalue weighted by Crippen LogP contribution is 2.32. The van der Waals surface area contributed by atoms with Crippen molar-refractivity contribution < 1.29 is 27.8 Å². The van der Waals surface area contributed by atoms with Crippen LogP contribution in [-0.2, 0) is 0 Å². The third kappa shape index (κ3) is 7.52. The summed E-state index contributed by atoms with van der Waals surface area (Å²) in [6.45, 7) is 0. The van der Waals surface area contributed by atoms with Gasteiger partial charge < -0.3 is 9.47 Å².